The van der Waals surface area contributed by atoms with E-state index < -0.39 is 0 Å². The first kappa shape index (κ1) is 12.7. The molecule has 5 atom stereocenters. The Morgan fingerprint density at radius 1 is 1.17 bits per heavy atom. The summed E-state index contributed by atoms with van der Waals surface area (Å²) in [7, 11) is 0. The first-order valence-corrected chi connectivity index (χ1v) is 7.90. The third-order valence-electron chi connectivity index (χ3n) is 7.36. The number of carbonyl (C=O) groups is 1. The van der Waals surface area contributed by atoms with Crippen molar-refractivity contribution in [2.75, 3.05) is 0 Å². The van der Waals surface area contributed by atoms with Crippen LogP contribution in [0.3, 0.4) is 0 Å². The molecule has 0 amide bonds. The summed E-state index contributed by atoms with van der Waals surface area (Å²) in [6.45, 7) is 9.73. The Bertz CT molecular complexity index is 370. The van der Waals surface area contributed by atoms with Crippen LogP contribution in [-0.4, -0.2) is 5.78 Å². The maximum Gasteiger partial charge on any atom is 0.136 e. The summed E-state index contributed by atoms with van der Waals surface area (Å²) in [4.78, 5) is 12.4. The minimum atomic E-state index is 0.383. The first-order chi connectivity index (χ1) is 8.38. The molecule has 3 rings (SSSR count). The maximum absolute atomic E-state index is 12.4. The molecule has 2 bridgehead atoms. The Hall–Kier alpha value is -0.330. The molecule has 0 radical (unpaired) electrons. The summed E-state index contributed by atoms with van der Waals surface area (Å²) in [5, 5.41) is 0. The molecule has 0 heterocycles. The predicted molar refractivity (Wildman–Crippen MR) is 74.2 cm³/mol. The first-order valence-electron chi connectivity index (χ1n) is 7.90. The van der Waals surface area contributed by atoms with Crippen molar-refractivity contribution in [3.63, 3.8) is 0 Å². The third kappa shape index (κ3) is 1.42. The number of hydrogen-bond donors (Lipinski definition) is 0. The van der Waals surface area contributed by atoms with Crippen LogP contribution in [0.15, 0.2) is 0 Å². The average Bonchev–Trinajstić information content (AvgIpc) is 2.62. The molecule has 1 nitrogen and oxygen atoms in total. The molecule has 3 aliphatic rings. The minimum absolute atomic E-state index is 0.383. The molecule has 18 heavy (non-hydrogen) atoms. The van der Waals surface area contributed by atoms with Crippen LogP contribution < -0.4 is 0 Å². The lowest BCUT2D eigenvalue weighted by Crippen LogP contribution is -2.42. The molecule has 0 aromatic carbocycles. The fourth-order valence-corrected chi connectivity index (χ4v) is 5.69. The van der Waals surface area contributed by atoms with E-state index in [4.69, 9.17) is 0 Å². The van der Waals surface area contributed by atoms with Crippen LogP contribution in [0.5, 0.6) is 0 Å². The van der Waals surface area contributed by atoms with Crippen molar-refractivity contribution in [2.45, 2.75) is 66.2 Å². The lowest BCUT2D eigenvalue weighted by Gasteiger charge is -2.45. The molecule has 0 saturated heterocycles. The SMILES string of the molecule is CC1CCCC(=O)C1[C@@H]1C[C@H]2CC[C@]1(C)C2(C)C. The fourth-order valence-electron chi connectivity index (χ4n) is 5.69. The normalized spacial score (nSPS) is 50.8. The Morgan fingerprint density at radius 3 is 2.39 bits per heavy atom. The number of fused-ring (bicyclic) bond motifs is 2. The van der Waals surface area contributed by atoms with Crippen molar-refractivity contribution >= 4 is 5.78 Å². The van der Waals surface area contributed by atoms with Crippen molar-refractivity contribution in [3.8, 4) is 0 Å². The van der Waals surface area contributed by atoms with Crippen molar-refractivity contribution in [2.24, 2.45) is 34.5 Å². The Balaban J connectivity index is 1.92. The smallest absolute Gasteiger partial charge is 0.136 e. The van der Waals surface area contributed by atoms with Crippen molar-refractivity contribution in [3.05, 3.63) is 0 Å². The second kappa shape index (κ2) is 3.84. The van der Waals surface area contributed by atoms with E-state index in [0.29, 0.717) is 34.4 Å². The van der Waals surface area contributed by atoms with Crippen LogP contribution in [0.1, 0.15) is 66.2 Å². The quantitative estimate of drug-likeness (QED) is 0.670. The Morgan fingerprint density at radius 2 is 1.89 bits per heavy atom. The predicted octanol–water partition coefficient (Wildman–Crippen LogP) is 4.45. The van der Waals surface area contributed by atoms with Crippen LogP contribution >= 0.6 is 0 Å². The van der Waals surface area contributed by atoms with E-state index in [0.717, 1.165) is 18.8 Å². The van der Waals surface area contributed by atoms with Gasteiger partial charge in [0.05, 0.1) is 0 Å². The molecule has 102 valence electrons. The molecule has 1 heteroatoms. The lowest BCUT2D eigenvalue weighted by molar-refractivity contribution is -0.131. The topological polar surface area (TPSA) is 17.1 Å². The zero-order valence-corrected chi connectivity index (χ0v) is 12.5. The Labute approximate surface area is 112 Å². The van der Waals surface area contributed by atoms with Gasteiger partial charge < -0.3 is 0 Å². The summed E-state index contributed by atoms with van der Waals surface area (Å²) in [6.07, 6.45) is 7.33. The molecule has 0 aromatic heterocycles. The van der Waals surface area contributed by atoms with Gasteiger partial charge in [-0.25, -0.2) is 0 Å². The minimum Gasteiger partial charge on any atom is -0.299 e. The second-order valence-corrected chi connectivity index (χ2v) is 8.08. The number of Topliss-reactive ketones (excluding diaryl/α,β-unsaturated/α-hetero) is 1. The van der Waals surface area contributed by atoms with Gasteiger partial charge in [-0.2, -0.15) is 0 Å². The maximum atomic E-state index is 12.4. The zero-order valence-electron chi connectivity index (χ0n) is 12.5. The van der Waals surface area contributed by atoms with Gasteiger partial charge in [0.1, 0.15) is 5.78 Å². The van der Waals surface area contributed by atoms with Crippen molar-refractivity contribution in [1.29, 1.82) is 0 Å². The van der Waals surface area contributed by atoms with Crippen LogP contribution in [-0.2, 0) is 4.79 Å². The summed E-state index contributed by atoms with van der Waals surface area (Å²) in [5.74, 6) is 3.14. The molecule has 0 aliphatic heterocycles. The second-order valence-electron chi connectivity index (χ2n) is 8.08. The van der Waals surface area contributed by atoms with Gasteiger partial charge in [-0.05, 0) is 60.7 Å². The molecule has 3 fully saturated rings. The fraction of sp³-hybridized carbons (Fsp3) is 0.941. The molecule has 0 N–H and O–H groups in total. The van der Waals surface area contributed by atoms with Gasteiger partial charge in [-0.1, -0.05) is 27.7 Å². The molecule has 0 aromatic rings. The standard InChI is InChI=1S/C17H28O/c1-11-6-5-7-14(18)15(11)13-10-12-8-9-17(13,4)16(12,2)3/h11-13,15H,5-10H2,1-4H3/t11?,12-,13+,15?,17+/m1/s1. The largest absolute Gasteiger partial charge is 0.299 e. The number of ketones is 1. The van der Waals surface area contributed by atoms with Crippen LogP contribution in [0, 0.1) is 34.5 Å². The van der Waals surface area contributed by atoms with Gasteiger partial charge in [0.25, 0.3) is 0 Å². The van der Waals surface area contributed by atoms with Crippen LogP contribution in [0.25, 0.3) is 0 Å². The van der Waals surface area contributed by atoms with Crippen molar-refractivity contribution in [1.82, 2.24) is 0 Å². The van der Waals surface area contributed by atoms with Gasteiger partial charge in [-0.15, -0.1) is 0 Å². The number of carbonyl (C=O) groups excluding carboxylic acids is 1. The van der Waals surface area contributed by atoms with Gasteiger partial charge in [-0.3, -0.25) is 4.79 Å². The highest BCUT2D eigenvalue weighted by atomic mass is 16.1. The van der Waals surface area contributed by atoms with E-state index in [1.807, 2.05) is 0 Å². The van der Waals surface area contributed by atoms with Gasteiger partial charge in [0.2, 0.25) is 0 Å². The highest BCUT2D eigenvalue weighted by Crippen LogP contribution is 2.70. The van der Waals surface area contributed by atoms with E-state index in [2.05, 4.69) is 27.7 Å². The van der Waals surface area contributed by atoms with E-state index in [1.54, 1.807) is 0 Å². The van der Waals surface area contributed by atoms with Crippen LogP contribution in [0.4, 0.5) is 0 Å². The summed E-state index contributed by atoms with van der Waals surface area (Å²) < 4.78 is 0. The van der Waals surface area contributed by atoms with E-state index in [9.17, 15) is 4.79 Å². The monoisotopic (exact) mass is 248 g/mol. The van der Waals surface area contributed by atoms with Gasteiger partial charge >= 0.3 is 0 Å². The highest BCUT2D eigenvalue weighted by molar-refractivity contribution is 5.82. The van der Waals surface area contributed by atoms with Gasteiger partial charge in [0, 0.05) is 12.3 Å². The molecule has 2 unspecified atom stereocenters. The number of hydrogen-bond acceptors (Lipinski definition) is 1. The van der Waals surface area contributed by atoms with E-state index in [-0.39, 0.29) is 0 Å². The molecule has 0 spiro atoms. The Kier molecular flexibility index (Phi) is 2.70. The molecule has 3 aliphatic carbocycles. The summed E-state index contributed by atoms with van der Waals surface area (Å²) in [6, 6.07) is 0. The summed E-state index contributed by atoms with van der Waals surface area (Å²) in [5.41, 5.74) is 0.874. The highest BCUT2D eigenvalue weighted by Gasteiger charge is 2.63. The lowest BCUT2D eigenvalue weighted by atomic mass is 9.59. The molecular weight excluding hydrogens is 220 g/mol. The van der Waals surface area contributed by atoms with Crippen molar-refractivity contribution < 1.29 is 4.79 Å². The summed E-state index contributed by atoms with van der Waals surface area (Å²) >= 11 is 0. The van der Waals surface area contributed by atoms with E-state index in [1.165, 1.54) is 25.7 Å². The number of rotatable bonds is 1. The third-order valence-corrected chi connectivity index (χ3v) is 7.36. The van der Waals surface area contributed by atoms with E-state index >= 15 is 0 Å². The zero-order chi connectivity index (χ0) is 13.1. The van der Waals surface area contributed by atoms with Gasteiger partial charge in [0.15, 0.2) is 0 Å². The average molecular weight is 248 g/mol. The molecule has 3 saturated carbocycles. The van der Waals surface area contributed by atoms with Crippen LogP contribution in [0.2, 0.25) is 0 Å². The molecular formula is C17H28O.